The summed E-state index contributed by atoms with van der Waals surface area (Å²) in [5.41, 5.74) is 0.440. The summed E-state index contributed by atoms with van der Waals surface area (Å²) in [6.07, 6.45) is 13.2. The Kier molecular flexibility index (Phi) is 6.28. The highest BCUT2D eigenvalue weighted by atomic mass is 35.5. The summed E-state index contributed by atoms with van der Waals surface area (Å²) in [6, 6.07) is 0.864. The molecule has 1 saturated heterocycles. The molecule has 2 aliphatic rings. The number of amides is 1. The molecule has 1 aliphatic heterocycles. The maximum atomic E-state index is 12.5. The van der Waals surface area contributed by atoms with Gasteiger partial charge in [0.2, 0.25) is 0 Å². The number of carbonyl (C=O) groups is 1. The third-order valence-electron chi connectivity index (χ3n) is 4.19. The SMILES string of the molecule is C#C/C=C(\C=N/CCl)C(=O)N1CCCN(C2CCC2)CC1. The van der Waals surface area contributed by atoms with E-state index in [0.717, 1.165) is 38.6 Å². The van der Waals surface area contributed by atoms with E-state index < -0.39 is 0 Å². The van der Waals surface area contributed by atoms with Gasteiger partial charge in [0.05, 0.1) is 5.57 Å². The Labute approximate surface area is 131 Å². The zero-order valence-electron chi connectivity index (χ0n) is 12.3. The molecule has 1 saturated carbocycles. The molecule has 114 valence electrons. The molecule has 1 amide bonds. The molecule has 0 spiro atoms. The fraction of sp³-hybridized carbons (Fsp3) is 0.625. The summed E-state index contributed by atoms with van der Waals surface area (Å²) in [5, 5.41) is 0. The van der Waals surface area contributed by atoms with Crippen molar-refractivity contribution in [3.05, 3.63) is 11.6 Å². The minimum absolute atomic E-state index is 0.0442. The van der Waals surface area contributed by atoms with Gasteiger partial charge in [-0.1, -0.05) is 12.3 Å². The zero-order valence-corrected chi connectivity index (χ0v) is 13.1. The van der Waals surface area contributed by atoms with Crippen LogP contribution in [0.15, 0.2) is 16.6 Å². The number of terminal acetylenes is 1. The van der Waals surface area contributed by atoms with Gasteiger partial charge in [-0.3, -0.25) is 14.7 Å². The van der Waals surface area contributed by atoms with Gasteiger partial charge < -0.3 is 4.90 Å². The van der Waals surface area contributed by atoms with Crippen molar-refractivity contribution in [1.82, 2.24) is 9.80 Å². The molecule has 0 N–H and O–H groups in total. The van der Waals surface area contributed by atoms with Crippen LogP contribution in [0.1, 0.15) is 25.7 Å². The third kappa shape index (κ3) is 4.33. The molecule has 1 aliphatic carbocycles. The van der Waals surface area contributed by atoms with Gasteiger partial charge in [-0.2, -0.15) is 0 Å². The number of rotatable bonds is 4. The van der Waals surface area contributed by atoms with Gasteiger partial charge in [-0.15, -0.1) is 18.0 Å². The summed E-state index contributed by atoms with van der Waals surface area (Å²) >= 11 is 5.53. The monoisotopic (exact) mass is 307 g/mol. The van der Waals surface area contributed by atoms with Crippen LogP contribution in [0.25, 0.3) is 0 Å². The normalized spacial score (nSPS) is 21.9. The van der Waals surface area contributed by atoms with E-state index in [1.165, 1.54) is 31.6 Å². The first-order chi connectivity index (χ1) is 10.3. The highest BCUT2D eigenvalue weighted by Crippen LogP contribution is 2.25. The fourth-order valence-electron chi connectivity index (χ4n) is 2.82. The topological polar surface area (TPSA) is 35.9 Å². The van der Waals surface area contributed by atoms with Crippen molar-refractivity contribution in [3.8, 4) is 12.3 Å². The van der Waals surface area contributed by atoms with Gasteiger partial charge in [0, 0.05) is 44.5 Å². The van der Waals surface area contributed by atoms with Crippen molar-refractivity contribution >= 4 is 23.7 Å². The fourth-order valence-corrected chi connectivity index (χ4v) is 2.89. The molecule has 0 bridgehead atoms. The first kappa shape index (κ1) is 16.1. The number of alkyl halides is 1. The first-order valence-corrected chi connectivity index (χ1v) is 8.05. The number of aliphatic imine (C=N–C) groups is 1. The molecule has 4 nitrogen and oxygen atoms in total. The highest BCUT2D eigenvalue weighted by Gasteiger charge is 2.28. The Balaban J connectivity index is 1.96. The van der Waals surface area contributed by atoms with Gasteiger partial charge in [-0.25, -0.2) is 0 Å². The van der Waals surface area contributed by atoms with Crippen molar-refractivity contribution in [2.45, 2.75) is 31.7 Å². The van der Waals surface area contributed by atoms with E-state index in [0.29, 0.717) is 5.57 Å². The summed E-state index contributed by atoms with van der Waals surface area (Å²) in [5.74, 6) is 2.36. The number of halogens is 1. The molecular weight excluding hydrogens is 286 g/mol. The number of carbonyl (C=O) groups excluding carboxylic acids is 1. The number of nitrogens with zero attached hydrogens (tertiary/aromatic N) is 3. The molecule has 0 aromatic rings. The Bertz CT molecular complexity index is 463. The minimum Gasteiger partial charge on any atom is -0.337 e. The van der Waals surface area contributed by atoms with E-state index >= 15 is 0 Å². The number of hydrogen-bond acceptors (Lipinski definition) is 3. The Hall–Kier alpha value is -1.31. The summed E-state index contributed by atoms with van der Waals surface area (Å²) < 4.78 is 0. The van der Waals surface area contributed by atoms with E-state index in [2.05, 4.69) is 15.8 Å². The van der Waals surface area contributed by atoms with Gasteiger partial charge in [0.15, 0.2) is 0 Å². The lowest BCUT2D eigenvalue weighted by Gasteiger charge is -2.36. The van der Waals surface area contributed by atoms with Crippen LogP contribution in [0.4, 0.5) is 0 Å². The molecular formula is C16H22ClN3O. The number of allylic oxidation sites excluding steroid dienone is 1. The van der Waals surface area contributed by atoms with Crippen LogP contribution < -0.4 is 0 Å². The molecule has 2 rings (SSSR count). The average molecular weight is 308 g/mol. The lowest BCUT2D eigenvalue weighted by atomic mass is 9.91. The maximum Gasteiger partial charge on any atom is 0.256 e. The smallest absolute Gasteiger partial charge is 0.256 e. The standard InChI is InChI=1S/C16H22ClN3O/c1-2-5-14(12-18-13-17)16(21)20-9-4-8-19(10-11-20)15-6-3-7-15/h1,5,12,15H,3-4,6-11,13H2/b14-5+,18-12-. The van der Waals surface area contributed by atoms with Crippen LogP contribution in [-0.4, -0.2) is 60.1 Å². The molecule has 0 radical (unpaired) electrons. The van der Waals surface area contributed by atoms with Crippen LogP contribution in [0.5, 0.6) is 0 Å². The maximum absolute atomic E-state index is 12.5. The highest BCUT2D eigenvalue weighted by molar-refractivity contribution is 6.19. The van der Waals surface area contributed by atoms with Crippen LogP contribution in [0, 0.1) is 12.3 Å². The van der Waals surface area contributed by atoms with E-state index in [-0.39, 0.29) is 11.9 Å². The molecule has 0 atom stereocenters. The molecule has 2 fully saturated rings. The molecule has 5 heteroatoms. The van der Waals surface area contributed by atoms with E-state index in [1.807, 2.05) is 4.90 Å². The third-order valence-corrected chi connectivity index (χ3v) is 4.33. The van der Waals surface area contributed by atoms with Crippen molar-refractivity contribution in [2.75, 3.05) is 32.2 Å². The quantitative estimate of drug-likeness (QED) is 0.261. The van der Waals surface area contributed by atoms with Gasteiger partial charge in [-0.05, 0) is 19.3 Å². The molecule has 0 unspecified atom stereocenters. The number of hydrogen-bond donors (Lipinski definition) is 0. The molecule has 0 aromatic carbocycles. The van der Waals surface area contributed by atoms with E-state index in [4.69, 9.17) is 18.0 Å². The van der Waals surface area contributed by atoms with E-state index in [9.17, 15) is 4.79 Å². The second-order valence-electron chi connectivity index (χ2n) is 5.46. The van der Waals surface area contributed by atoms with Crippen molar-refractivity contribution in [2.24, 2.45) is 4.99 Å². The molecule has 0 aromatic heterocycles. The summed E-state index contributed by atoms with van der Waals surface area (Å²) in [6.45, 7) is 3.56. The van der Waals surface area contributed by atoms with E-state index in [1.54, 1.807) is 0 Å². The van der Waals surface area contributed by atoms with Gasteiger partial charge >= 0.3 is 0 Å². The largest absolute Gasteiger partial charge is 0.337 e. The lowest BCUT2D eigenvalue weighted by molar-refractivity contribution is -0.126. The van der Waals surface area contributed by atoms with Crippen molar-refractivity contribution in [1.29, 1.82) is 0 Å². The predicted octanol–water partition coefficient (Wildman–Crippen LogP) is 1.90. The lowest BCUT2D eigenvalue weighted by Crippen LogP contribution is -2.43. The van der Waals surface area contributed by atoms with Gasteiger partial charge in [0.25, 0.3) is 5.91 Å². The van der Waals surface area contributed by atoms with Gasteiger partial charge in [0.1, 0.15) is 6.00 Å². The molecule has 1 heterocycles. The Morgan fingerprint density at radius 2 is 2.10 bits per heavy atom. The second kappa shape index (κ2) is 8.21. The second-order valence-corrected chi connectivity index (χ2v) is 5.70. The van der Waals surface area contributed by atoms with Crippen LogP contribution in [-0.2, 0) is 4.79 Å². The summed E-state index contributed by atoms with van der Waals surface area (Å²) in [7, 11) is 0. The Morgan fingerprint density at radius 3 is 2.71 bits per heavy atom. The first-order valence-electron chi connectivity index (χ1n) is 7.51. The zero-order chi connectivity index (χ0) is 15.1. The van der Waals surface area contributed by atoms with Crippen LogP contribution in [0.3, 0.4) is 0 Å². The summed E-state index contributed by atoms with van der Waals surface area (Å²) in [4.78, 5) is 20.8. The van der Waals surface area contributed by atoms with Crippen molar-refractivity contribution in [3.63, 3.8) is 0 Å². The van der Waals surface area contributed by atoms with Crippen molar-refractivity contribution < 1.29 is 4.79 Å². The predicted molar refractivity (Wildman–Crippen MR) is 86.5 cm³/mol. The average Bonchev–Trinajstić information content (AvgIpc) is 2.67. The van der Waals surface area contributed by atoms with Crippen LogP contribution in [0.2, 0.25) is 0 Å². The Morgan fingerprint density at radius 1 is 1.29 bits per heavy atom. The molecule has 21 heavy (non-hydrogen) atoms. The minimum atomic E-state index is -0.0442. The van der Waals surface area contributed by atoms with Crippen LogP contribution >= 0.6 is 11.6 Å².